The van der Waals surface area contributed by atoms with Gasteiger partial charge in [-0.05, 0) is 53.8 Å². The first-order valence-corrected chi connectivity index (χ1v) is 7.40. The zero-order valence-electron chi connectivity index (χ0n) is 12.7. The molecule has 1 N–H and O–H groups in total. The van der Waals surface area contributed by atoms with Gasteiger partial charge in [-0.3, -0.25) is 4.79 Å². The van der Waals surface area contributed by atoms with Gasteiger partial charge in [0.2, 0.25) is 0 Å². The Morgan fingerprint density at radius 3 is 2.33 bits per heavy atom. The average Bonchev–Trinajstić information content (AvgIpc) is 2.83. The van der Waals surface area contributed by atoms with Crippen LogP contribution in [0.1, 0.15) is 36.1 Å². The molecule has 106 valence electrons. The molecule has 0 saturated heterocycles. The lowest BCUT2D eigenvalue weighted by Crippen LogP contribution is -2.32. The lowest BCUT2D eigenvalue weighted by Gasteiger charge is -2.28. The quantitative estimate of drug-likeness (QED) is 0.798. The van der Waals surface area contributed by atoms with E-state index in [0.29, 0.717) is 0 Å². The predicted molar refractivity (Wildman–Crippen MR) is 84.1 cm³/mol. The SMILES string of the molecule is CC1=C2c3c(C)ccc4ccc(C)c(c34)[C@@]2(O)[C@H](C)C1=O. The number of carbonyl (C=O) groups excluding carboxylic acids is 1. The second-order valence-corrected chi connectivity index (χ2v) is 6.47. The predicted octanol–water partition coefficient (Wildman–Crippen LogP) is 3.65. The van der Waals surface area contributed by atoms with Gasteiger partial charge in [0.05, 0.1) is 5.92 Å². The van der Waals surface area contributed by atoms with Crippen LogP contribution in [0.2, 0.25) is 0 Å². The lowest BCUT2D eigenvalue weighted by atomic mass is 9.81. The minimum absolute atomic E-state index is 0.0674. The summed E-state index contributed by atoms with van der Waals surface area (Å²) < 4.78 is 0. The Kier molecular flexibility index (Phi) is 2.21. The highest BCUT2D eigenvalue weighted by Gasteiger charge is 2.55. The fourth-order valence-corrected chi connectivity index (χ4v) is 4.30. The van der Waals surface area contributed by atoms with Crippen molar-refractivity contribution < 1.29 is 9.90 Å². The summed E-state index contributed by atoms with van der Waals surface area (Å²) in [5.41, 5.74) is 4.60. The number of aryl methyl sites for hydroxylation is 2. The monoisotopic (exact) mass is 278 g/mol. The number of hydrogen-bond acceptors (Lipinski definition) is 2. The Labute approximate surface area is 124 Å². The summed E-state index contributed by atoms with van der Waals surface area (Å²) in [6, 6.07) is 8.33. The van der Waals surface area contributed by atoms with Gasteiger partial charge in [-0.15, -0.1) is 0 Å². The molecule has 4 rings (SSSR count). The van der Waals surface area contributed by atoms with Gasteiger partial charge >= 0.3 is 0 Å². The van der Waals surface area contributed by atoms with Crippen molar-refractivity contribution in [1.29, 1.82) is 0 Å². The Morgan fingerprint density at radius 2 is 1.67 bits per heavy atom. The molecule has 21 heavy (non-hydrogen) atoms. The molecular formula is C19H18O2. The van der Waals surface area contributed by atoms with Crippen LogP contribution in [0.25, 0.3) is 16.3 Å². The smallest absolute Gasteiger partial charge is 0.165 e. The van der Waals surface area contributed by atoms with Crippen LogP contribution in [-0.4, -0.2) is 10.9 Å². The van der Waals surface area contributed by atoms with E-state index in [-0.39, 0.29) is 5.78 Å². The summed E-state index contributed by atoms with van der Waals surface area (Å²) >= 11 is 0. The van der Waals surface area contributed by atoms with E-state index in [4.69, 9.17) is 0 Å². The number of fused-ring (bicyclic) bond motifs is 3. The summed E-state index contributed by atoms with van der Waals surface area (Å²) in [6.45, 7) is 7.77. The maximum Gasteiger partial charge on any atom is 0.165 e. The van der Waals surface area contributed by atoms with Crippen LogP contribution in [0.3, 0.4) is 0 Å². The van der Waals surface area contributed by atoms with Crippen LogP contribution in [0.5, 0.6) is 0 Å². The molecule has 0 unspecified atom stereocenters. The molecule has 0 saturated carbocycles. The third-order valence-corrected chi connectivity index (χ3v) is 5.38. The molecule has 2 aromatic carbocycles. The fraction of sp³-hybridized carbons (Fsp3) is 0.316. The topological polar surface area (TPSA) is 37.3 Å². The number of rotatable bonds is 0. The van der Waals surface area contributed by atoms with E-state index in [1.165, 1.54) is 0 Å². The standard InChI is InChI=1S/C19H18O2/c1-9-5-7-13-8-6-10(2)16-15(13)14(9)17-11(3)18(20)12(4)19(16,17)21/h5-8,12,21H,1-4H3/t12-,19+/m1/s1. The van der Waals surface area contributed by atoms with E-state index in [2.05, 4.69) is 25.1 Å². The maximum atomic E-state index is 12.5. The molecule has 2 aliphatic carbocycles. The first-order valence-electron chi connectivity index (χ1n) is 7.40. The molecule has 0 amide bonds. The lowest BCUT2D eigenvalue weighted by molar-refractivity contribution is -0.122. The van der Waals surface area contributed by atoms with Gasteiger partial charge in [-0.25, -0.2) is 0 Å². The number of carbonyl (C=O) groups is 1. The van der Waals surface area contributed by atoms with Crippen molar-refractivity contribution in [1.82, 2.24) is 0 Å². The van der Waals surface area contributed by atoms with Crippen molar-refractivity contribution in [2.24, 2.45) is 5.92 Å². The van der Waals surface area contributed by atoms with E-state index in [9.17, 15) is 9.90 Å². The van der Waals surface area contributed by atoms with Crippen LogP contribution in [0.4, 0.5) is 0 Å². The van der Waals surface area contributed by atoms with Crippen LogP contribution in [0, 0.1) is 19.8 Å². The minimum Gasteiger partial charge on any atom is -0.380 e. The molecular weight excluding hydrogens is 260 g/mol. The summed E-state index contributed by atoms with van der Waals surface area (Å²) in [4.78, 5) is 12.5. The second kappa shape index (κ2) is 3.63. The molecule has 2 heteroatoms. The highest BCUT2D eigenvalue weighted by molar-refractivity contribution is 6.19. The third kappa shape index (κ3) is 1.21. The van der Waals surface area contributed by atoms with E-state index in [0.717, 1.165) is 44.2 Å². The molecule has 2 aliphatic rings. The van der Waals surface area contributed by atoms with E-state index >= 15 is 0 Å². The summed E-state index contributed by atoms with van der Waals surface area (Å²) in [5.74, 6) is -0.346. The number of allylic oxidation sites excluding steroid dienone is 1. The normalized spacial score (nSPS) is 26.9. The second-order valence-electron chi connectivity index (χ2n) is 6.47. The molecule has 0 heterocycles. The summed E-state index contributed by atoms with van der Waals surface area (Å²) in [7, 11) is 0. The third-order valence-electron chi connectivity index (χ3n) is 5.38. The summed E-state index contributed by atoms with van der Waals surface area (Å²) in [6.07, 6.45) is 0. The molecule has 0 radical (unpaired) electrons. The minimum atomic E-state index is -1.15. The van der Waals surface area contributed by atoms with Gasteiger partial charge in [-0.2, -0.15) is 0 Å². The number of aliphatic hydroxyl groups is 1. The van der Waals surface area contributed by atoms with Crippen molar-refractivity contribution in [3.05, 3.63) is 52.1 Å². The Morgan fingerprint density at radius 1 is 1.05 bits per heavy atom. The van der Waals surface area contributed by atoms with Crippen molar-refractivity contribution in [3.8, 4) is 0 Å². The van der Waals surface area contributed by atoms with Crippen LogP contribution < -0.4 is 0 Å². The maximum absolute atomic E-state index is 12.5. The molecule has 2 aromatic rings. The molecule has 0 aliphatic heterocycles. The number of benzene rings is 2. The Bertz CT molecular complexity index is 868. The van der Waals surface area contributed by atoms with Crippen LogP contribution >= 0.6 is 0 Å². The molecule has 0 aromatic heterocycles. The Hall–Kier alpha value is -1.93. The van der Waals surface area contributed by atoms with Crippen LogP contribution in [-0.2, 0) is 10.4 Å². The zero-order valence-corrected chi connectivity index (χ0v) is 12.7. The van der Waals surface area contributed by atoms with Gasteiger partial charge < -0.3 is 5.11 Å². The number of Topliss-reactive ketones (excluding diaryl/α,β-unsaturated/α-hetero) is 1. The van der Waals surface area contributed by atoms with E-state index in [1.54, 1.807) is 0 Å². The Balaban J connectivity index is 2.30. The fourth-order valence-electron chi connectivity index (χ4n) is 4.30. The molecule has 0 bridgehead atoms. The zero-order chi connectivity index (χ0) is 15.1. The van der Waals surface area contributed by atoms with Crippen molar-refractivity contribution in [2.75, 3.05) is 0 Å². The average molecular weight is 278 g/mol. The first-order chi connectivity index (χ1) is 9.89. The summed E-state index contributed by atoms with van der Waals surface area (Å²) in [5, 5.41) is 13.8. The van der Waals surface area contributed by atoms with E-state index < -0.39 is 11.5 Å². The van der Waals surface area contributed by atoms with E-state index in [1.807, 2.05) is 26.8 Å². The van der Waals surface area contributed by atoms with Gasteiger partial charge in [0.25, 0.3) is 0 Å². The molecule has 0 fully saturated rings. The molecule has 2 atom stereocenters. The van der Waals surface area contributed by atoms with Crippen LogP contribution in [0.15, 0.2) is 29.8 Å². The first kappa shape index (κ1) is 12.8. The highest BCUT2D eigenvalue weighted by atomic mass is 16.3. The van der Waals surface area contributed by atoms with Crippen molar-refractivity contribution in [3.63, 3.8) is 0 Å². The van der Waals surface area contributed by atoms with Crippen molar-refractivity contribution >= 4 is 22.1 Å². The van der Waals surface area contributed by atoms with Crippen molar-refractivity contribution in [2.45, 2.75) is 33.3 Å². The highest BCUT2D eigenvalue weighted by Crippen LogP contribution is 2.59. The number of hydrogen-bond donors (Lipinski definition) is 1. The molecule has 0 spiro atoms. The van der Waals surface area contributed by atoms with Gasteiger partial charge in [0, 0.05) is 11.1 Å². The number of ketones is 1. The van der Waals surface area contributed by atoms with Gasteiger partial charge in [0.15, 0.2) is 5.78 Å². The van der Waals surface area contributed by atoms with Gasteiger partial charge in [0.1, 0.15) is 5.60 Å². The molecule has 2 nitrogen and oxygen atoms in total. The van der Waals surface area contributed by atoms with Gasteiger partial charge in [-0.1, -0.05) is 31.2 Å². The largest absolute Gasteiger partial charge is 0.380 e.